The van der Waals surface area contributed by atoms with Gasteiger partial charge in [0, 0.05) is 25.2 Å². The van der Waals surface area contributed by atoms with E-state index < -0.39 is 20.9 Å². The van der Waals surface area contributed by atoms with Crippen molar-refractivity contribution in [2.45, 2.75) is 31.7 Å². The highest BCUT2D eigenvalue weighted by Crippen LogP contribution is 2.20. The molecule has 30 heavy (non-hydrogen) atoms. The first-order valence-corrected chi connectivity index (χ1v) is 11.0. The number of nitro benzene ring substituents is 1. The molecule has 1 unspecified atom stereocenters. The molecule has 0 saturated heterocycles. The molecule has 0 fully saturated rings. The van der Waals surface area contributed by atoms with Gasteiger partial charge in [-0.05, 0) is 36.8 Å². The van der Waals surface area contributed by atoms with Gasteiger partial charge >= 0.3 is 0 Å². The van der Waals surface area contributed by atoms with Gasteiger partial charge in [0.25, 0.3) is 5.69 Å². The standard InChI is InChI=1S/C21H25N3O5S/c1-4-23(5-2)30(28,29)19-13-10-17(11-14-19)16(3)22-21(25)15-12-18-8-6-7-9-20(18)24(26)27/h6-16H,4-5H2,1-3H3,(H,22,25)/b15-12+. The molecule has 8 nitrogen and oxygen atoms in total. The molecule has 0 aliphatic heterocycles. The van der Waals surface area contributed by atoms with Crippen LogP contribution >= 0.6 is 0 Å². The number of nitrogens with one attached hydrogen (secondary N) is 1. The summed E-state index contributed by atoms with van der Waals surface area (Å²) in [6, 6.07) is 12.1. The largest absolute Gasteiger partial charge is 0.346 e. The van der Waals surface area contributed by atoms with Crippen molar-refractivity contribution in [3.63, 3.8) is 0 Å². The fraction of sp³-hybridized carbons (Fsp3) is 0.286. The lowest BCUT2D eigenvalue weighted by atomic mass is 10.1. The zero-order chi connectivity index (χ0) is 22.3. The second-order valence-electron chi connectivity index (χ2n) is 6.54. The number of carbonyl (C=O) groups excluding carboxylic acids is 1. The molecule has 0 heterocycles. The molecule has 0 aliphatic carbocycles. The number of hydrogen-bond acceptors (Lipinski definition) is 5. The molecule has 0 radical (unpaired) electrons. The molecular formula is C21H25N3O5S. The van der Waals surface area contributed by atoms with Crippen molar-refractivity contribution in [2.24, 2.45) is 0 Å². The van der Waals surface area contributed by atoms with E-state index >= 15 is 0 Å². The van der Waals surface area contributed by atoms with Crippen LogP contribution in [0.15, 0.2) is 59.5 Å². The highest BCUT2D eigenvalue weighted by molar-refractivity contribution is 7.89. The van der Waals surface area contributed by atoms with Gasteiger partial charge in [0.15, 0.2) is 0 Å². The molecule has 2 aromatic rings. The number of nitrogens with zero attached hydrogens (tertiary/aromatic N) is 2. The Balaban J connectivity index is 2.08. The van der Waals surface area contributed by atoms with Crippen LogP contribution in [-0.4, -0.2) is 36.6 Å². The lowest BCUT2D eigenvalue weighted by Gasteiger charge is -2.19. The van der Waals surface area contributed by atoms with Crippen molar-refractivity contribution in [1.29, 1.82) is 0 Å². The molecule has 2 aromatic carbocycles. The number of amides is 1. The quantitative estimate of drug-likeness (QED) is 0.371. The molecule has 1 amide bonds. The Kier molecular flexibility index (Phi) is 7.85. The Morgan fingerprint density at radius 2 is 1.73 bits per heavy atom. The van der Waals surface area contributed by atoms with Crippen LogP contribution in [0.3, 0.4) is 0 Å². The summed E-state index contributed by atoms with van der Waals surface area (Å²) < 4.78 is 26.5. The minimum atomic E-state index is -3.54. The summed E-state index contributed by atoms with van der Waals surface area (Å²) in [5, 5.41) is 13.8. The molecular weight excluding hydrogens is 406 g/mol. The summed E-state index contributed by atoms with van der Waals surface area (Å²) in [4.78, 5) is 22.9. The van der Waals surface area contributed by atoms with E-state index in [4.69, 9.17) is 0 Å². The summed E-state index contributed by atoms with van der Waals surface area (Å²) in [7, 11) is -3.54. The smallest absolute Gasteiger partial charge is 0.276 e. The van der Waals surface area contributed by atoms with Gasteiger partial charge in [0.05, 0.1) is 21.4 Å². The molecule has 0 aliphatic rings. The van der Waals surface area contributed by atoms with E-state index in [-0.39, 0.29) is 16.6 Å². The van der Waals surface area contributed by atoms with Crippen molar-refractivity contribution in [1.82, 2.24) is 9.62 Å². The normalized spacial score (nSPS) is 12.8. The van der Waals surface area contributed by atoms with Gasteiger partial charge in [0.1, 0.15) is 0 Å². The van der Waals surface area contributed by atoms with Crippen LogP contribution in [0.25, 0.3) is 6.08 Å². The maximum Gasteiger partial charge on any atom is 0.276 e. The average Bonchev–Trinajstić information content (AvgIpc) is 2.73. The lowest BCUT2D eigenvalue weighted by molar-refractivity contribution is -0.385. The number of benzene rings is 2. The lowest BCUT2D eigenvalue weighted by Crippen LogP contribution is -2.30. The van der Waals surface area contributed by atoms with Crippen LogP contribution in [0.1, 0.15) is 37.9 Å². The number of para-hydroxylation sites is 1. The third kappa shape index (κ3) is 5.52. The molecule has 1 atom stereocenters. The van der Waals surface area contributed by atoms with Crippen LogP contribution in [0.2, 0.25) is 0 Å². The van der Waals surface area contributed by atoms with Crippen LogP contribution in [0, 0.1) is 10.1 Å². The van der Waals surface area contributed by atoms with Crippen LogP contribution < -0.4 is 5.32 Å². The molecule has 9 heteroatoms. The van der Waals surface area contributed by atoms with Gasteiger partial charge in [-0.25, -0.2) is 8.42 Å². The van der Waals surface area contributed by atoms with Gasteiger partial charge < -0.3 is 5.32 Å². The van der Waals surface area contributed by atoms with Crippen molar-refractivity contribution in [3.05, 3.63) is 75.8 Å². The number of carbonyl (C=O) groups is 1. The fourth-order valence-corrected chi connectivity index (χ4v) is 4.40. The zero-order valence-electron chi connectivity index (χ0n) is 17.1. The maximum atomic E-state index is 12.5. The van der Waals surface area contributed by atoms with E-state index in [1.807, 2.05) is 0 Å². The number of nitro groups is 1. The van der Waals surface area contributed by atoms with Crippen LogP contribution in [0.5, 0.6) is 0 Å². The Hall–Kier alpha value is -3.04. The Morgan fingerprint density at radius 3 is 2.30 bits per heavy atom. The summed E-state index contributed by atoms with van der Waals surface area (Å²) in [5.41, 5.74) is 0.983. The predicted molar refractivity (Wildman–Crippen MR) is 115 cm³/mol. The highest BCUT2D eigenvalue weighted by Gasteiger charge is 2.21. The van der Waals surface area contributed by atoms with E-state index in [0.29, 0.717) is 18.7 Å². The molecule has 0 aromatic heterocycles. The predicted octanol–water partition coefficient (Wildman–Crippen LogP) is 3.52. The summed E-state index contributed by atoms with van der Waals surface area (Å²) in [6.07, 6.45) is 2.62. The summed E-state index contributed by atoms with van der Waals surface area (Å²) >= 11 is 0. The maximum absolute atomic E-state index is 12.5. The second-order valence-corrected chi connectivity index (χ2v) is 8.48. The van der Waals surface area contributed by atoms with Crippen LogP contribution in [0.4, 0.5) is 5.69 Å². The van der Waals surface area contributed by atoms with E-state index in [2.05, 4.69) is 5.32 Å². The van der Waals surface area contributed by atoms with Gasteiger partial charge in [-0.1, -0.05) is 38.1 Å². The first kappa shape index (κ1) is 23.2. The first-order valence-electron chi connectivity index (χ1n) is 9.52. The number of sulfonamides is 1. The average molecular weight is 432 g/mol. The molecule has 1 N–H and O–H groups in total. The van der Waals surface area contributed by atoms with Gasteiger partial charge in [-0.3, -0.25) is 14.9 Å². The first-order chi connectivity index (χ1) is 14.2. The molecule has 160 valence electrons. The summed E-state index contributed by atoms with van der Waals surface area (Å²) in [6.45, 7) is 6.11. The third-order valence-electron chi connectivity index (χ3n) is 4.63. The van der Waals surface area contributed by atoms with Gasteiger partial charge in [-0.2, -0.15) is 4.31 Å². The number of rotatable bonds is 9. The van der Waals surface area contributed by atoms with E-state index in [1.54, 1.807) is 51.1 Å². The second kappa shape index (κ2) is 10.1. The van der Waals surface area contributed by atoms with Crippen LogP contribution in [-0.2, 0) is 14.8 Å². The van der Waals surface area contributed by atoms with E-state index in [9.17, 15) is 23.3 Å². The molecule has 0 bridgehead atoms. The highest BCUT2D eigenvalue weighted by atomic mass is 32.2. The summed E-state index contributed by atoms with van der Waals surface area (Å²) in [5.74, 6) is -0.416. The minimum absolute atomic E-state index is 0.0837. The third-order valence-corrected chi connectivity index (χ3v) is 6.69. The van der Waals surface area contributed by atoms with Crippen molar-refractivity contribution in [3.8, 4) is 0 Å². The Morgan fingerprint density at radius 1 is 1.13 bits per heavy atom. The fourth-order valence-electron chi connectivity index (χ4n) is 2.95. The van der Waals surface area contributed by atoms with E-state index in [1.165, 1.54) is 34.7 Å². The Labute approximate surface area is 176 Å². The zero-order valence-corrected chi connectivity index (χ0v) is 17.9. The van der Waals surface area contributed by atoms with Gasteiger partial charge in [0.2, 0.25) is 15.9 Å². The minimum Gasteiger partial charge on any atom is -0.346 e. The SMILES string of the molecule is CCN(CC)S(=O)(=O)c1ccc(C(C)NC(=O)/C=C/c2ccccc2[N+](=O)[O-])cc1. The topological polar surface area (TPSA) is 110 Å². The van der Waals surface area contributed by atoms with Crippen molar-refractivity contribution >= 4 is 27.7 Å². The number of hydrogen-bond donors (Lipinski definition) is 1. The molecule has 0 saturated carbocycles. The molecule has 0 spiro atoms. The Bertz CT molecular complexity index is 1030. The van der Waals surface area contributed by atoms with Crippen molar-refractivity contribution in [2.75, 3.05) is 13.1 Å². The van der Waals surface area contributed by atoms with E-state index in [0.717, 1.165) is 5.56 Å². The van der Waals surface area contributed by atoms with Crippen molar-refractivity contribution < 1.29 is 18.1 Å². The molecule has 2 rings (SSSR count). The van der Waals surface area contributed by atoms with Gasteiger partial charge in [-0.15, -0.1) is 0 Å². The monoisotopic (exact) mass is 431 g/mol.